The number of aromatic amines is 1. The number of rotatable bonds is 2. The topological polar surface area (TPSA) is 58.1 Å². The lowest BCUT2D eigenvalue weighted by molar-refractivity contribution is 0.408. The van der Waals surface area contributed by atoms with Gasteiger partial charge in [0.15, 0.2) is 0 Å². The number of methoxy groups -OCH3 is 1. The minimum absolute atomic E-state index is 0.115. The van der Waals surface area contributed by atoms with Crippen LogP contribution in [0.1, 0.15) is 0 Å². The lowest BCUT2D eigenvalue weighted by Gasteiger charge is -2.04. The molecule has 4 nitrogen and oxygen atoms in total. The maximum absolute atomic E-state index is 9.99. The van der Waals surface area contributed by atoms with Gasteiger partial charge in [0, 0.05) is 11.1 Å². The van der Waals surface area contributed by atoms with E-state index in [1.54, 1.807) is 37.4 Å². The lowest BCUT2D eigenvalue weighted by atomic mass is 10.2. The fraction of sp³-hybridized carbons (Fsp3) is 0.0714. The second-order valence-corrected chi connectivity index (χ2v) is 4.57. The zero-order valence-corrected chi connectivity index (χ0v) is 10.9. The molecule has 3 rings (SSSR count). The quantitative estimate of drug-likeness (QED) is 0.751. The molecule has 19 heavy (non-hydrogen) atoms. The zero-order valence-electron chi connectivity index (χ0n) is 10.1. The van der Waals surface area contributed by atoms with Gasteiger partial charge in [-0.25, -0.2) is 4.98 Å². The van der Waals surface area contributed by atoms with Crippen LogP contribution in [-0.4, -0.2) is 22.2 Å². The number of phenols is 1. The summed E-state index contributed by atoms with van der Waals surface area (Å²) in [7, 11) is 1.55. The fourth-order valence-electron chi connectivity index (χ4n) is 1.95. The summed E-state index contributed by atoms with van der Waals surface area (Å²) >= 11 is 5.93. The Morgan fingerprint density at radius 2 is 2.05 bits per heavy atom. The van der Waals surface area contributed by atoms with Crippen LogP contribution in [0.4, 0.5) is 0 Å². The van der Waals surface area contributed by atoms with Crippen molar-refractivity contribution in [2.75, 3.05) is 7.11 Å². The fourth-order valence-corrected chi connectivity index (χ4v) is 2.12. The second-order valence-electron chi connectivity index (χ2n) is 4.13. The average molecular weight is 275 g/mol. The molecule has 5 heteroatoms. The van der Waals surface area contributed by atoms with E-state index in [9.17, 15) is 5.11 Å². The number of nitrogens with one attached hydrogen (secondary N) is 1. The van der Waals surface area contributed by atoms with Crippen LogP contribution in [-0.2, 0) is 0 Å². The number of phenolic OH excluding ortho intramolecular Hbond substituents is 1. The summed E-state index contributed by atoms with van der Waals surface area (Å²) in [5.74, 6) is 1.31. The molecule has 96 valence electrons. The first-order valence-electron chi connectivity index (χ1n) is 5.70. The van der Waals surface area contributed by atoms with Gasteiger partial charge in [0.05, 0.1) is 23.7 Å². The molecular weight excluding hydrogens is 264 g/mol. The number of aromatic nitrogens is 2. The minimum Gasteiger partial charge on any atom is -0.507 e. The van der Waals surface area contributed by atoms with Crippen molar-refractivity contribution < 1.29 is 9.84 Å². The van der Waals surface area contributed by atoms with E-state index < -0.39 is 0 Å². The molecule has 1 aromatic heterocycles. The Hall–Kier alpha value is -2.20. The summed E-state index contributed by atoms with van der Waals surface area (Å²) in [6.45, 7) is 0. The number of hydrogen-bond acceptors (Lipinski definition) is 3. The van der Waals surface area contributed by atoms with Crippen LogP contribution in [0.3, 0.4) is 0 Å². The standard InChI is InChI=1S/C14H11ClN2O2/c1-19-9-3-4-10(13(18)7-9)14-16-11-5-2-8(15)6-12(11)17-14/h2-7,18H,1H3,(H,16,17). The highest BCUT2D eigenvalue weighted by atomic mass is 35.5. The van der Waals surface area contributed by atoms with Crippen molar-refractivity contribution in [3.8, 4) is 22.9 Å². The van der Waals surface area contributed by atoms with E-state index in [1.807, 2.05) is 6.07 Å². The van der Waals surface area contributed by atoms with Crippen LogP contribution < -0.4 is 4.74 Å². The van der Waals surface area contributed by atoms with Gasteiger partial charge in [-0.3, -0.25) is 0 Å². The SMILES string of the molecule is COc1ccc(-c2nc3ccc(Cl)cc3[nH]2)c(O)c1. The first-order chi connectivity index (χ1) is 9.17. The maximum atomic E-state index is 9.99. The largest absolute Gasteiger partial charge is 0.507 e. The van der Waals surface area contributed by atoms with Gasteiger partial charge in [-0.2, -0.15) is 0 Å². The van der Waals surface area contributed by atoms with Gasteiger partial charge in [-0.15, -0.1) is 0 Å². The lowest BCUT2D eigenvalue weighted by Crippen LogP contribution is -1.85. The smallest absolute Gasteiger partial charge is 0.142 e. The van der Waals surface area contributed by atoms with Gasteiger partial charge in [-0.1, -0.05) is 11.6 Å². The Kier molecular flexibility index (Phi) is 2.80. The predicted octanol–water partition coefficient (Wildman–Crippen LogP) is 3.60. The molecule has 0 fully saturated rings. The Bertz CT molecular complexity index is 752. The summed E-state index contributed by atoms with van der Waals surface area (Å²) in [6.07, 6.45) is 0. The summed E-state index contributed by atoms with van der Waals surface area (Å²) in [5.41, 5.74) is 2.25. The van der Waals surface area contributed by atoms with E-state index in [0.29, 0.717) is 22.2 Å². The van der Waals surface area contributed by atoms with E-state index in [2.05, 4.69) is 9.97 Å². The third-order valence-corrected chi connectivity index (χ3v) is 3.14. The molecule has 0 amide bonds. The Balaban J connectivity index is 2.13. The molecule has 0 saturated heterocycles. The van der Waals surface area contributed by atoms with Gasteiger partial charge < -0.3 is 14.8 Å². The zero-order chi connectivity index (χ0) is 13.4. The molecule has 0 atom stereocenters. The number of ether oxygens (including phenoxy) is 1. The highest BCUT2D eigenvalue weighted by molar-refractivity contribution is 6.31. The van der Waals surface area contributed by atoms with Gasteiger partial charge >= 0.3 is 0 Å². The summed E-state index contributed by atoms with van der Waals surface area (Å²) in [5, 5.41) is 10.6. The number of fused-ring (bicyclic) bond motifs is 1. The molecule has 3 aromatic rings. The second kappa shape index (κ2) is 4.48. The number of aromatic hydroxyl groups is 1. The first kappa shape index (κ1) is 11.9. The minimum atomic E-state index is 0.115. The maximum Gasteiger partial charge on any atom is 0.142 e. The number of hydrogen-bond donors (Lipinski definition) is 2. The Morgan fingerprint density at radius 3 is 2.79 bits per heavy atom. The molecule has 0 bridgehead atoms. The molecule has 0 aliphatic carbocycles. The Morgan fingerprint density at radius 1 is 1.21 bits per heavy atom. The van der Waals surface area contributed by atoms with Crippen molar-refractivity contribution in [3.63, 3.8) is 0 Å². The van der Waals surface area contributed by atoms with E-state index in [4.69, 9.17) is 16.3 Å². The van der Waals surface area contributed by atoms with Crippen LogP contribution in [0.5, 0.6) is 11.5 Å². The van der Waals surface area contributed by atoms with Gasteiger partial charge in [0.1, 0.15) is 17.3 Å². The molecule has 0 unspecified atom stereocenters. The van der Waals surface area contributed by atoms with Gasteiger partial charge in [0.2, 0.25) is 0 Å². The molecule has 0 aliphatic rings. The number of benzene rings is 2. The number of imidazole rings is 1. The number of nitrogens with zero attached hydrogens (tertiary/aromatic N) is 1. The molecule has 0 radical (unpaired) electrons. The van der Waals surface area contributed by atoms with Crippen LogP contribution >= 0.6 is 11.6 Å². The predicted molar refractivity (Wildman–Crippen MR) is 74.8 cm³/mol. The van der Waals surface area contributed by atoms with Crippen LogP contribution in [0.2, 0.25) is 5.02 Å². The van der Waals surface area contributed by atoms with E-state index >= 15 is 0 Å². The molecule has 0 saturated carbocycles. The third-order valence-electron chi connectivity index (χ3n) is 2.90. The van der Waals surface area contributed by atoms with Crippen molar-refractivity contribution >= 4 is 22.6 Å². The first-order valence-corrected chi connectivity index (χ1v) is 6.08. The van der Waals surface area contributed by atoms with E-state index in [1.165, 1.54) is 0 Å². The van der Waals surface area contributed by atoms with Crippen molar-refractivity contribution in [1.82, 2.24) is 9.97 Å². The van der Waals surface area contributed by atoms with Crippen LogP contribution in [0, 0.1) is 0 Å². The van der Waals surface area contributed by atoms with Crippen LogP contribution in [0.25, 0.3) is 22.4 Å². The molecule has 0 spiro atoms. The summed E-state index contributed by atoms with van der Waals surface area (Å²) < 4.78 is 5.05. The Labute approximate surface area is 114 Å². The third kappa shape index (κ3) is 2.11. The molecule has 2 N–H and O–H groups in total. The van der Waals surface area contributed by atoms with E-state index in [-0.39, 0.29) is 5.75 Å². The molecular formula is C14H11ClN2O2. The molecule has 2 aromatic carbocycles. The highest BCUT2D eigenvalue weighted by Gasteiger charge is 2.10. The van der Waals surface area contributed by atoms with Crippen molar-refractivity contribution in [2.24, 2.45) is 0 Å². The normalized spacial score (nSPS) is 10.8. The van der Waals surface area contributed by atoms with Gasteiger partial charge in [-0.05, 0) is 30.3 Å². The summed E-state index contributed by atoms with van der Waals surface area (Å²) in [4.78, 5) is 7.56. The van der Waals surface area contributed by atoms with Crippen molar-refractivity contribution in [3.05, 3.63) is 41.4 Å². The summed E-state index contributed by atoms with van der Waals surface area (Å²) in [6, 6.07) is 10.5. The monoisotopic (exact) mass is 274 g/mol. The highest BCUT2D eigenvalue weighted by Crippen LogP contribution is 2.32. The molecule has 0 aliphatic heterocycles. The number of halogens is 1. The molecule has 1 heterocycles. The van der Waals surface area contributed by atoms with Crippen molar-refractivity contribution in [1.29, 1.82) is 0 Å². The van der Waals surface area contributed by atoms with E-state index in [0.717, 1.165) is 11.0 Å². The number of H-pyrrole nitrogens is 1. The van der Waals surface area contributed by atoms with Crippen molar-refractivity contribution in [2.45, 2.75) is 0 Å². The van der Waals surface area contributed by atoms with Gasteiger partial charge in [0.25, 0.3) is 0 Å². The van der Waals surface area contributed by atoms with Crippen LogP contribution in [0.15, 0.2) is 36.4 Å². The average Bonchev–Trinajstić information content (AvgIpc) is 2.81.